The van der Waals surface area contributed by atoms with Crippen molar-refractivity contribution in [3.63, 3.8) is 0 Å². The number of nitrogens with one attached hydrogen (secondary N) is 1. The molecule has 0 fully saturated rings. The van der Waals surface area contributed by atoms with Crippen molar-refractivity contribution in [3.8, 4) is 0 Å². The molecule has 0 saturated heterocycles. The fourth-order valence-corrected chi connectivity index (χ4v) is 2.80. The molecule has 112 valence electrons. The van der Waals surface area contributed by atoms with Crippen LogP contribution in [-0.4, -0.2) is 9.91 Å². The average Bonchev–Trinajstić information content (AvgIpc) is 2.85. The maximum Gasteiger partial charge on any atom is 0.293 e. The van der Waals surface area contributed by atoms with Crippen LogP contribution in [0.25, 0.3) is 0 Å². The van der Waals surface area contributed by atoms with E-state index in [1.54, 1.807) is 23.5 Å². The number of nitro groups is 1. The van der Waals surface area contributed by atoms with Crippen LogP contribution in [0.2, 0.25) is 5.02 Å². The Balaban J connectivity index is 2.13. The van der Waals surface area contributed by atoms with Crippen molar-refractivity contribution in [3.05, 3.63) is 49.4 Å². The first kappa shape index (κ1) is 15.7. The zero-order valence-electron chi connectivity index (χ0n) is 12.0. The number of hydrogen-bond donors (Lipinski definition) is 1. The summed E-state index contributed by atoms with van der Waals surface area (Å²) in [5.74, 6) is 0. The third-order valence-corrected chi connectivity index (χ3v) is 4.36. The summed E-state index contributed by atoms with van der Waals surface area (Å²) < 4.78 is 0. The van der Waals surface area contributed by atoms with E-state index in [4.69, 9.17) is 11.6 Å². The Kier molecular flexibility index (Phi) is 4.49. The Bertz CT molecular complexity index is 664. The summed E-state index contributed by atoms with van der Waals surface area (Å²) in [6.45, 7) is 6.75. The zero-order chi connectivity index (χ0) is 15.6. The first-order chi connectivity index (χ1) is 9.77. The van der Waals surface area contributed by atoms with Crippen LogP contribution in [0.1, 0.15) is 31.5 Å². The van der Waals surface area contributed by atoms with Gasteiger partial charge in [-0.15, -0.1) is 11.3 Å². The predicted octanol–water partition coefficient (Wildman–Crippen LogP) is 4.61. The highest BCUT2D eigenvalue weighted by atomic mass is 35.5. The molecule has 21 heavy (non-hydrogen) atoms. The van der Waals surface area contributed by atoms with E-state index in [1.807, 2.05) is 5.38 Å². The summed E-state index contributed by atoms with van der Waals surface area (Å²) in [5.41, 5.74) is 1.28. The van der Waals surface area contributed by atoms with E-state index in [0.717, 1.165) is 10.7 Å². The van der Waals surface area contributed by atoms with Gasteiger partial charge >= 0.3 is 0 Å². The van der Waals surface area contributed by atoms with Crippen molar-refractivity contribution < 1.29 is 4.92 Å². The van der Waals surface area contributed by atoms with Gasteiger partial charge in [0.1, 0.15) is 5.69 Å². The van der Waals surface area contributed by atoms with Crippen molar-refractivity contribution in [2.75, 3.05) is 5.32 Å². The molecule has 7 heteroatoms. The smallest absolute Gasteiger partial charge is 0.293 e. The van der Waals surface area contributed by atoms with Gasteiger partial charge in [0, 0.05) is 21.9 Å². The second-order valence-corrected chi connectivity index (χ2v) is 6.96. The topological polar surface area (TPSA) is 68.1 Å². The minimum atomic E-state index is -0.449. The molecule has 0 aliphatic rings. The number of nitrogens with zero attached hydrogens (tertiary/aromatic N) is 2. The van der Waals surface area contributed by atoms with Crippen molar-refractivity contribution in [1.29, 1.82) is 0 Å². The van der Waals surface area contributed by atoms with Gasteiger partial charge in [-0.1, -0.05) is 32.4 Å². The van der Waals surface area contributed by atoms with Crippen LogP contribution in [-0.2, 0) is 12.0 Å². The van der Waals surface area contributed by atoms with Crippen molar-refractivity contribution in [1.82, 2.24) is 4.98 Å². The van der Waals surface area contributed by atoms with Crippen molar-refractivity contribution in [2.45, 2.75) is 32.7 Å². The molecule has 1 heterocycles. The fourth-order valence-electron chi connectivity index (χ4n) is 1.72. The molecule has 2 rings (SSSR count). The fraction of sp³-hybridized carbons (Fsp3) is 0.357. The van der Waals surface area contributed by atoms with Gasteiger partial charge in [-0.25, -0.2) is 4.98 Å². The lowest BCUT2D eigenvalue weighted by Gasteiger charge is -2.13. The van der Waals surface area contributed by atoms with Gasteiger partial charge in [-0.05, 0) is 12.1 Å². The molecule has 0 spiro atoms. The number of halogens is 1. The zero-order valence-corrected chi connectivity index (χ0v) is 13.6. The summed E-state index contributed by atoms with van der Waals surface area (Å²) in [4.78, 5) is 15.1. The minimum Gasteiger partial charge on any atom is -0.374 e. The molecular formula is C14H16ClN3O2S. The van der Waals surface area contributed by atoms with Gasteiger partial charge in [-0.2, -0.15) is 0 Å². The highest BCUT2D eigenvalue weighted by Crippen LogP contribution is 2.29. The quantitative estimate of drug-likeness (QED) is 0.658. The number of thiazole rings is 1. The maximum atomic E-state index is 11.0. The van der Waals surface area contributed by atoms with E-state index in [-0.39, 0.29) is 11.1 Å². The summed E-state index contributed by atoms with van der Waals surface area (Å²) in [6.07, 6.45) is 0. The molecule has 0 radical (unpaired) electrons. The van der Waals surface area contributed by atoms with E-state index in [1.165, 1.54) is 6.07 Å². The van der Waals surface area contributed by atoms with Crippen LogP contribution in [0.5, 0.6) is 0 Å². The van der Waals surface area contributed by atoms with E-state index in [0.29, 0.717) is 17.3 Å². The molecule has 0 aliphatic heterocycles. The van der Waals surface area contributed by atoms with Gasteiger partial charge in [0.15, 0.2) is 0 Å². The van der Waals surface area contributed by atoms with Gasteiger partial charge in [0.05, 0.1) is 22.2 Å². The number of benzene rings is 1. The molecule has 0 atom stereocenters. The Morgan fingerprint density at radius 3 is 2.71 bits per heavy atom. The predicted molar refractivity (Wildman–Crippen MR) is 86.2 cm³/mol. The van der Waals surface area contributed by atoms with Crippen molar-refractivity contribution in [2.24, 2.45) is 0 Å². The molecule has 0 amide bonds. The largest absolute Gasteiger partial charge is 0.374 e. The normalized spacial score (nSPS) is 11.4. The second-order valence-electron chi connectivity index (χ2n) is 5.67. The number of aromatic nitrogens is 1. The van der Waals surface area contributed by atoms with Gasteiger partial charge in [0.2, 0.25) is 0 Å². The lowest BCUT2D eigenvalue weighted by atomic mass is 9.98. The van der Waals surface area contributed by atoms with Crippen molar-refractivity contribution >= 4 is 34.3 Å². The number of rotatable bonds is 4. The number of nitro benzene ring substituents is 1. The summed E-state index contributed by atoms with van der Waals surface area (Å²) >= 11 is 7.39. The molecule has 0 aliphatic carbocycles. The SMILES string of the molecule is CC(C)(C)c1nc(CNc2ccc(Cl)cc2[N+](=O)[O-])cs1. The van der Waals surface area contributed by atoms with Gasteiger partial charge < -0.3 is 5.32 Å². The third kappa shape index (κ3) is 3.92. The minimum absolute atomic E-state index is 0.00911. The standard InChI is InChI=1S/C14H16ClN3O2S/c1-14(2,3)13-17-10(8-21-13)7-16-11-5-4-9(15)6-12(11)18(19)20/h4-6,8,16H,7H2,1-3H3. The Hall–Kier alpha value is -1.66. The second kappa shape index (κ2) is 5.99. The van der Waals surface area contributed by atoms with Crippen LogP contribution in [0.4, 0.5) is 11.4 Å². The molecule has 5 nitrogen and oxygen atoms in total. The molecule has 1 aromatic heterocycles. The molecule has 0 saturated carbocycles. The van der Waals surface area contributed by atoms with E-state index in [9.17, 15) is 10.1 Å². The van der Waals surface area contributed by atoms with Gasteiger partial charge in [-0.3, -0.25) is 10.1 Å². The average molecular weight is 326 g/mol. The lowest BCUT2D eigenvalue weighted by Crippen LogP contribution is -2.11. The Morgan fingerprint density at radius 2 is 2.14 bits per heavy atom. The molecule has 1 N–H and O–H groups in total. The van der Waals surface area contributed by atoms with Crippen LogP contribution in [0.3, 0.4) is 0 Å². The van der Waals surface area contributed by atoms with Crippen LogP contribution in [0, 0.1) is 10.1 Å². The highest BCUT2D eigenvalue weighted by molar-refractivity contribution is 7.09. The highest BCUT2D eigenvalue weighted by Gasteiger charge is 2.18. The summed E-state index contributed by atoms with van der Waals surface area (Å²) in [6, 6.07) is 4.57. The Labute approximate surface area is 132 Å². The number of anilines is 1. The van der Waals surface area contributed by atoms with E-state index >= 15 is 0 Å². The molecule has 0 unspecified atom stereocenters. The first-order valence-corrected chi connectivity index (χ1v) is 7.66. The molecular weight excluding hydrogens is 310 g/mol. The third-order valence-electron chi connectivity index (χ3n) is 2.81. The summed E-state index contributed by atoms with van der Waals surface area (Å²) in [7, 11) is 0. The van der Waals surface area contributed by atoms with Gasteiger partial charge in [0.25, 0.3) is 5.69 Å². The van der Waals surface area contributed by atoms with E-state index < -0.39 is 4.92 Å². The van der Waals surface area contributed by atoms with Crippen LogP contribution >= 0.6 is 22.9 Å². The number of hydrogen-bond acceptors (Lipinski definition) is 5. The first-order valence-electron chi connectivity index (χ1n) is 6.40. The summed E-state index contributed by atoms with van der Waals surface area (Å²) in [5, 5.41) is 17.4. The molecule has 1 aromatic carbocycles. The Morgan fingerprint density at radius 1 is 1.43 bits per heavy atom. The lowest BCUT2D eigenvalue weighted by molar-refractivity contribution is -0.383. The maximum absolute atomic E-state index is 11.0. The van der Waals surface area contributed by atoms with E-state index in [2.05, 4.69) is 31.1 Å². The monoisotopic (exact) mass is 325 g/mol. The van der Waals surface area contributed by atoms with Crippen LogP contribution in [0.15, 0.2) is 23.6 Å². The molecule has 2 aromatic rings. The van der Waals surface area contributed by atoms with Crippen LogP contribution < -0.4 is 5.32 Å². The molecule has 0 bridgehead atoms.